The van der Waals surface area contributed by atoms with Crippen molar-refractivity contribution in [1.82, 2.24) is 19.8 Å². The number of anilines is 1. The van der Waals surface area contributed by atoms with Crippen molar-refractivity contribution in [3.05, 3.63) is 59.4 Å². The Morgan fingerprint density at radius 1 is 1.16 bits per heavy atom. The van der Waals surface area contributed by atoms with Crippen molar-refractivity contribution in [2.75, 3.05) is 11.9 Å². The first-order valence-corrected chi connectivity index (χ1v) is 11.1. The van der Waals surface area contributed by atoms with Crippen LogP contribution in [0.5, 0.6) is 5.75 Å². The Balaban J connectivity index is 1.53. The average Bonchev–Trinajstić information content (AvgIpc) is 3.35. The number of nitrogens with zero attached hydrogens (tertiary/aromatic N) is 4. The second-order valence-electron chi connectivity index (χ2n) is 7.78. The predicted octanol–water partition coefficient (Wildman–Crippen LogP) is 5.01. The van der Waals surface area contributed by atoms with Crippen LogP contribution in [0.2, 0.25) is 0 Å². The van der Waals surface area contributed by atoms with Crippen LogP contribution in [0.25, 0.3) is 15.5 Å². The van der Waals surface area contributed by atoms with Gasteiger partial charge in [-0.1, -0.05) is 44.2 Å². The number of benzene rings is 2. The summed E-state index contributed by atoms with van der Waals surface area (Å²) in [5.74, 6) is 1.88. The van der Waals surface area contributed by atoms with Gasteiger partial charge in [0, 0.05) is 23.2 Å². The lowest BCUT2D eigenvalue weighted by Crippen LogP contribution is -2.13. The molecule has 0 aliphatic rings. The molecule has 1 N–H and O–H groups in total. The van der Waals surface area contributed by atoms with Crippen molar-refractivity contribution in [3.63, 3.8) is 0 Å². The summed E-state index contributed by atoms with van der Waals surface area (Å²) in [6.45, 7) is 8.84. The summed E-state index contributed by atoms with van der Waals surface area (Å²) < 4.78 is 7.47. The number of ether oxygens (including phenoxy) is 1. The zero-order valence-corrected chi connectivity index (χ0v) is 18.9. The molecule has 4 rings (SSSR count). The minimum Gasteiger partial charge on any atom is -0.493 e. The standard InChI is InChI=1S/C23H25N5O2S/c1-5-20-25-26-23-28(20)27-22(31-23)17-7-6-15(4)19(12-17)24-21(29)16-8-10-18(11-9-16)30-13-14(2)3/h6-12,14H,5,13H2,1-4H3,(H,24,29). The summed E-state index contributed by atoms with van der Waals surface area (Å²) in [6.07, 6.45) is 0.765. The fourth-order valence-electron chi connectivity index (χ4n) is 3.04. The summed E-state index contributed by atoms with van der Waals surface area (Å²) in [7, 11) is 0. The average molecular weight is 436 g/mol. The van der Waals surface area contributed by atoms with E-state index in [0.717, 1.165) is 44.8 Å². The van der Waals surface area contributed by atoms with Gasteiger partial charge in [0.2, 0.25) is 4.96 Å². The molecule has 0 radical (unpaired) electrons. The van der Waals surface area contributed by atoms with Crippen LogP contribution in [-0.4, -0.2) is 32.3 Å². The van der Waals surface area contributed by atoms with Gasteiger partial charge in [-0.3, -0.25) is 4.79 Å². The number of nitrogens with one attached hydrogen (secondary N) is 1. The smallest absolute Gasteiger partial charge is 0.255 e. The Hall–Kier alpha value is -3.26. The topological polar surface area (TPSA) is 81.4 Å². The van der Waals surface area contributed by atoms with E-state index in [1.165, 1.54) is 11.3 Å². The molecule has 1 amide bonds. The Morgan fingerprint density at radius 3 is 2.65 bits per heavy atom. The summed E-state index contributed by atoms with van der Waals surface area (Å²) in [5.41, 5.74) is 3.24. The zero-order valence-electron chi connectivity index (χ0n) is 18.0. The molecule has 0 aliphatic carbocycles. The summed E-state index contributed by atoms with van der Waals surface area (Å²) in [5, 5.41) is 16.8. The van der Waals surface area contributed by atoms with E-state index in [1.807, 2.05) is 44.2 Å². The number of aryl methyl sites for hydroxylation is 2. The molecule has 0 atom stereocenters. The van der Waals surface area contributed by atoms with E-state index in [1.54, 1.807) is 16.6 Å². The second-order valence-corrected chi connectivity index (χ2v) is 8.74. The number of carbonyl (C=O) groups is 1. The number of hydrogen-bond acceptors (Lipinski definition) is 6. The molecule has 0 bridgehead atoms. The quantitative estimate of drug-likeness (QED) is 0.441. The monoisotopic (exact) mass is 435 g/mol. The molecule has 0 saturated heterocycles. The first-order valence-electron chi connectivity index (χ1n) is 10.3. The lowest BCUT2D eigenvalue weighted by atomic mass is 10.1. The van der Waals surface area contributed by atoms with Crippen LogP contribution in [0.15, 0.2) is 42.5 Å². The van der Waals surface area contributed by atoms with Crippen LogP contribution < -0.4 is 10.1 Å². The molecular weight excluding hydrogens is 410 g/mol. The first-order chi connectivity index (χ1) is 14.9. The second kappa shape index (κ2) is 8.85. The highest BCUT2D eigenvalue weighted by Gasteiger charge is 2.14. The maximum Gasteiger partial charge on any atom is 0.255 e. The molecule has 2 aromatic carbocycles. The fraction of sp³-hybridized carbons (Fsp3) is 0.304. The number of aromatic nitrogens is 4. The Labute approximate surface area is 185 Å². The number of carbonyl (C=O) groups excluding carboxylic acids is 1. The van der Waals surface area contributed by atoms with E-state index < -0.39 is 0 Å². The SMILES string of the molecule is CCc1nnc2sc(-c3ccc(C)c(NC(=O)c4ccc(OCC(C)C)cc4)c3)nn12. The molecule has 8 heteroatoms. The Morgan fingerprint density at radius 2 is 1.94 bits per heavy atom. The van der Waals surface area contributed by atoms with E-state index in [0.29, 0.717) is 18.1 Å². The minimum absolute atomic E-state index is 0.165. The van der Waals surface area contributed by atoms with Gasteiger partial charge in [-0.15, -0.1) is 10.2 Å². The number of hydrogen-bond donors (Lipinski definition) is 1. The molecular formula is C23H25N5O2S. The lowest BCUT2D eigenvalue weighted by Gasteiger charge is -2.11. The summed E-state index contributed by atoms with van der Waals surface area (Å²) >= 11 is 1.48. The van der Waals surface area contributed by atoms with Gasteiger partial charge in [0.25, 0.3) is 5.91 Å². The largest absolute Gasteiger partial charge is 0.493 e. The summed E-state index contributed by atoms with van der Waals surface area (Å²) in [6, 6.07) is 13.1. The molecule has 0 spiro atoms. The van der Waals surface area contributed by atoms with Crippen molar-refractivity contribution in [3.8, 4) is 16.3 Å². The molecule has 2 aromatic heterocycles. The third-order valence-electron chi connectivity index (χ3n) is 4.80. The van der Waals surface area contributed by atoms with Crippen molar-refractivity contribution >= 4 is 27.9 Å². The highest BCUT2D eigenvalue weighted by atomic mass is 32.1. The van der Waals surface area contributed by atoms with E-state index in [-0.39, 0.29) is 5.91 Å². The van der Waals surface area contributed by atoms with Gasteiger partial charge >= 0.3 is 0 Å². The molecule has 2 heterocycles. The van der Waals surface area contributed by atoms with E-state index >= 15 is 0 Å². The van der Waals surface area contributed by atoms with Crippen molar-refractivity contribution in [2.45, 2.75) is 34.1 Å². The van der Waals surface area contributed by atoms with Gasteiger partial charge in [0.05, 0.1) is 6.61 Å². The van der Waals surface area contributed by atoms with Gasteiger partial charge in [0.1, 0.15) is 10.8 Å². The molecule has 31 heavy (non-hydrogen) atoms. The number of rotatable bonds is 7. The molecule has 160 valence electrons. The minimum atomic E-state index is -0.165. The van der Waals surface area contributed by atoms with Crippen molar-refractivity contribution in [1.29, 1.82) is 0 Å². The highest BCUT2D eigenvalue weighted by molar-refractivity contribution is 7.19. The van der Waals surface area contributed by atoms with Gasteiger partial charge in [-0.2, -0.15) is 9.61 Å². The number of fused-ring (bicyclic) bond motifs is 1. The molecule has 0 unspecified atom stereocenters. The molecule has 0 fully saturated rings. The maximum absolute atomic E-state index is 12.8. The van der Waals surface area contributed by atoms with Crippen LogP contribution in [-0.2, 0) is 6.42 Å². The first kappa shape index (κ1) is 21.0. The number of amides is 1. The molecule has 0 saturated carbocycles. The van der Waals surface area contributed by atoms with E-state index in [4.69, 9.17) is 4.74 Å². The maximum atomic E-state index is 12.8. The zero-order chi connectivity index (χ0) is 22.0. The molecule has 4 aromatic rings. The third-order valence-corrected chi connectivity index (χ3v) is 5.75. The molecule has 7 nitrogen and oxygen atoms in total. The summed E-state index contributed by atoms with van der Waals surface area (Å²) in [4.78, 5) is 13.5. The predicted molar refractivity (Wildman–Crippen MR) is 123 cm³/mol. The van der Waals surface area contributed by atoms with Crippen LogP contribution in [0, 0.1) is 12.8 Å². The van der Waals surface area contributed by atoms with E-state index in [9.17, 15) is 4.79 Å². The Kier molecular flexibility index (Phi) is 5.99. The highest BCUT2D eigenvalue weighted by Crippen LogP contribution is 2.29. The van der Waals surface area contributed by atoms with Crippen LogP contribution in [0.3, 0.4) is 0 Å². The van der Waals surface area contributed by atoms with Crippen molar-refractivity contribution < 1.29 is 9.53 Å². The van der Waals surface area contributed by atoms with Gasteiger partial charge in [-0.25, -0.2) is 0 Å². The van der Waals surface area contributed by atoms with Crippen LogP contribution in [0.4, 0.5) is 5.69 Å². The van der Waals surface area contributed by atoms with Crippen molar-refractivity contribution in [2.24, 2.45) is 5.92 Å². The van der Waals surface area contributed by atoms with Gasteiger partial charge in [0.15, 0.2) is 5.82 Å². The van der Waals surface area contributed by atoms with Gasteiger partial charge < -0.3 is 10.1 Å². The molecule has 0 aliphatic heterocycles. The lowest BCUT2D eigenvalue weighted by molar-refractivity contribution is 0.102. The third kappa shape index (κ3) is 4.59. The Bertz CT molecular complexity index is 1210. The normalized spacial score (nSPS) is 11.3. The van der Waals surface area contributed by atoms with Gasteiger partial charge in [-0.05, 0) is 48.7 Å². The fourth-order valence-corrected chi connectivity index (χ4v) is 3.90. The van der Waals surface area contributed by atoms with Crippen LogP contribution >= 0.6 is 11.3 Å². The van der Waals surface area contributed by atoms with Crippen LogP contribution in [0.1, 0.15) is 42.5 Å². The van der Waals surface area contributed by atoms with E-state index in [2.05, 4.69) is 34.5 Å².